The van der Waals surface area contributed by atoms with E-state index in [1.807, 2.05) is 12.1 Å². The third-order valence-corrected chi connectivity index (χ3v) is 3.32. The minimum Gasteiger partial charge on any atom is -0.398 e. The van der Waals surface area contributed by atoms with Gasteiger partial charge in [-0.3, -0.25) is 0 Å². The Hall–Kier alpha value is -1.20. The predicted octanol–water partition coefficient (Wildman–Crippen LogP) is 3.80. The fourth-order valence-corrected chi connectivity index (χ4v) is 2.06. The zero-order valence-electron chi connectivity index (χ0n) is 11.8. The van der Waals surface area contributed by atoms with Gasteiger partial charge in [-0.15, -0.1) is 5.54 Å². The van der Waals surface area contributed by atoms with Gasteiger partial charge in [0.25, 0.3) is 0 Å². The molecule has 1 rings (SSSR count). The van der Waals surface area contributed by atoms with Crippen molar-refractivity contribution in [2.45, 2.75) is 45.8 Å². The highest BCUT2D eigenvalue weighted by Gasteiger charge is 2.17. The molecule has 0 aliphatic rings. The van der Waals surface area contributed by atoms with Gasteiger partial charge in [-0.05, 0) is 29.2 Å². The van der Waals surface area contributed by atoms with Crippen molar-refractivity contribution in [1.82, 2.24) is 0 Å². The number of rotatable bonds is 0. The fraction of sp³-hybridized carbons (Fsp3) is 0.467. The Bertz CT molecular complexity index is 464. The molecule has 0 spiro atoms. The fourth-order valence-electron chi connectivity index (χ4n) is 1.54. The molecule has 0 fully saturated rings. The summed E-state index contributed by atoms with van der Waals surface area (Å²) in [6.45, 7) is 13.3. The molecule has 0 aliphatic heterocycles. The Morgan fingerprint density at radius 2 is 1.71 bits per heavy atom. The molecule has 2 N–H and O–H groups in total. The Morgan fingerprint density at radius 3 is 2.18 bits per heavy atom. The van der Waals surface area contributed by atoms with Gasteiger partial charge < -0.3 is 5.73 Å². The first-order chi connectivity index (χ1) is 7.59. The van der Waals surface area contributed by atoms with Crippen LogP contribution in [0.2, 0.25) is 19.6 Å². The van der Waals surface area contributed by atoms with Crippen LogP contribution in [0.3, 0.4) is 0 Å². The van der Waals surface area contributed by atoms with Crippen LogP contribution in [-0.2, 0) is 5.41 Å². The standard InChI is InChI=1S/C15H23NSi/c1-15(2,3)13-11-12(7-8-14(13)16)9-10-17(4,5)6/h7-8,11H,16H2,1-6H3. The van der Waals surface area contributed by atoms with Gasteiger partial charge in [-0.25, -0.2) is 0 Å². The highest BCUT2D eigenvalue weighted by atomic mass is 28.3. The largest absolute Gasteiger partial charge is 0.398 e. The Balaban J connectivity index is 3.17. The lowest BCUT2D eigenvalue weighted by atomic mass is 9.85. The Labute approximate surface area is 106 Å². The molecule has 0 aromatic heterocycles. The van der Waals surface area contributed by atoms with Gasteiger partial charge in [-0.1, -0.05) is 46.3 Å². The summed E-state index contributed by atoms with van der Waals surface area (Å²) in [7, 11) is -1.31. The monoisotopic (exact) mass is 245 g/mol. The van der Waals surface area contributed by atoms with Crippen LogP contribution in [0.25, 0.3) is 0 Å². The smallest absolute Gasteiger partial charge is 0.129 e. The molecule has 17 heavy (non-hydrogen) atoms. The molecule has 0 aliphatic carbocycles. The topological polar surface area (TPSA) is 26.0 Å². The van der Waals surface area contributed by atoms with Gasteiger partial charge in [0.05, 0.1) is 0 Å². The van der Waals surface area contributed by atoms with Crippen molar-refractivity contribution in [1.29, 1.82) is 0 Å². The average Bonchev–Trinajstić information content (AvgIpc) is 2.13. The third-order valence-electron chi connectivity index (χ3n) is 2.44. The molecule has 0 heterocycles. The summed E-state index contributed by atoms with van der Waals surface area (Å²) >= 11 is 0. The predicted molar refractivity (Wildman–Crippen MR) is 79.8 cm³/mol. The van der Waals surface area contributed by atoms with E-state index in [9.17, 15) is 0 Å². The summed E-state index contributed by atoms with van der Waals surface area (Å²) < 4.78 is 0. The number of hydrogen-bond acceptors (Lipinski definition) is 1. The van der Waals surface area contributed by atoms with Crippen LogP contribution in [0, 0.1) is 11.5 Å². The maximum Gasteiger partial charge on any atom is 0.129 e. The first-order valence-electron chi connectivity index (χ1n) is 6.03. The van der Waals surface area contributed by atoms with Crippen LogP contribution < -0.4 is 5.73 Å². The van der Waals surface area contributed by atoms with Crippen molar-refractivity contribution in [2.24, 2.45) is 0 Å². The van der Waals surface area contributed by atoms with Crippen molar-refractivity contribution in [3.8, 4) is 11.5 Å². The van der Waals surface area contributed by atoms with E-state index in [-0.39, 0.29) is 5.41 Å². The molecule has 0 unspecified atom stereocenters. The van der Waals surface area contributed by atoms with Gasteiger partial charge in [0.1, 0.15) is 8.07 Å². The molecule has 0 bridgehead atoms. The Morgan fingerprint density at radius 1 is 1.12 bits per heavy atom. The van der Waals surface area contributed by atoms with Crippen LogP contribution in [0.4, 0.5) is 5.69 Å². The van der Waals surface area contributed by atoms with Gasteiger partial charge in [0.15, 0.2) is 0 Å². The molecule has 0 atom stereocenters. The molecule has 1 aromatic carbocycles. The van der Waals surface area contributed by atoms with Crippen LogP contribution in [-0.4, -0.2) is 8.07 Å². The summed E-state index contributed by atoms with van der Waals surface area (Å²) in [4.78, 5) is 0. The molecule has 1 aromatic rings. The summed E-state index contributed by atoms with van der Waals surface area (Å²) in [5, 5.41) is 0. The zero-order valence-corrected chi connectivity index (χ0v) is 12.8. The molecule has 0 saturated heterocycles. The lowest BCUT2D eigenvalue weighted by Crippen LogP contribution is -2.16. The third kappa shape index (κ3) is 4.28. The lowest BCUT2D eigenvalue weighted by molar-refractivity contribution is 0.592. The molecule has 1 nitrogen and oxygen atoms in total. The van der Waals surface area contributed by atoms with Crippen LogP contribution in [0.15, 0.2) is 18.2 Å². The molecule has 2 heteroatoms. The first kappa shape index (κ1) is 13.9. The van der Waals surface area contributed by atoms with E-state index in [1.165, 1.54) is 5.56 Å². The maximum absolute atomic E-state index is 6.02. The number of nitrogens with two attached hydrogens (primary N) is 1. The Kier molecular flexibility index (Phi) is 3.73. The van der Waals surface area contributed by atoms with Crippen molar-refractivity contribution in [2.75, 3.05) is 5.73 Å². The molecule has 0 saturated carbocycles. The summed E-state index contributed by atoms with van der Waals surface area (Å²) in [5.74, 6) is 3.28. The highest BCUT2D eigenvalue weighted by Crippen LogP contribution is 2.28. The summed E-state index contributed by atoms with van der Waals surface area (Å²) in [6.07, 6.45) is 0. The van der Waals surface area contributed by atoms with E-state index in [0.717, 1.165) is 11.3 Å². The molecule has 0 radical (unpaired) electrons. The summed E-state index contributed by atoms with van der Waals surface area (Å²) in [6, 6.07) is 6.11. The molecule has 0 amide bonds. The van der Waals surface area contributed by atoms with Gasteiger partial charge >= 0.3 is 0 Å². The van der Waals surface area contributed by atoms with E-state index in [4.69, 9.17) is 5.73 Å². The number of benzene rings is 1. The SMILES string of the molecule is CC(C)(C)c1cc(C#C[Si](C)(C)C)ccc1N. The van der Waals surface area contributed by atoms with Gasteiger partial charge in [0, 0.05) is 11.3 Å². The summed E-state index contributed by atoms with van der Waals surface area (Å²) in [5.41, 5.74) is 12.6. The zero-order chi connectivity index (χ0) is 13.3. The van der Waals surface area contributed by atoms with E-state index in [1.54, 1.807) is 0 Å². The van der Waals surface area contributed by atoms with Gasteiger partial charge in [-0.2, -0.15) is 0 Å². The van der Waals surface area contributed by atoms with E-state index in [2.05, 4.69) is 57.9 Å². The quantitative estimate of drug-likeness (QED) is 0.420. The van der Waals surface area contributed by atoms with E-state index < -0.39 is 8.07 Å². The van der Waals surface area contributed by atoms with Crippen molar-refractivity contribution >= 4 is 13.8 Å². The molecular weight excluding hydrogens is 222 g/mol. The molecule has 92 valence electrons. The van der Waals surface area contributed by atoms with E-state index in [0.29, 0.717) is 0 Å². The second kappa shape index (κ2) is 4.58. The normalized spacial score (nSPS) is 11.9. The number of anilines is 1. The number of nitrogen functional groups attached to an aromatic ring is 1. The average molecular weight is 245 g/mol. The molecular formula is C15H23NSi. The van der Waals surface area contributed by atoms with Crippen molar-refractivity contribution < 1.29 is 0 Å². The van der Waals surface area contributed by atoms with Crippen molar-refractivity contribution in [3.05, 3.63) is 29.3 Å². The number of hydrogen-bond donors (Lipinski definition) is 1. The van der Waals surface area contributed by atoms with Gasteiger partial charge in [0.2, 0.25) is 0 Å². The minimum atomic E-state index is -1.31. The first-order valence-corrected chi connectivity index (χ1v) is 9.53. The second-order valence-electron chi connectivity index (χ2n) is 6.55. The van der Waals surface area contributed by atoms with E-state index >= 15 is 0 Å². The van der Waals surface area contributed by atoms with Crippen LogP contribution >= 0.6 is 0 Å². The minimum absolute atomic E-state index is 0.0704. The highest BCUT2D eigenvalue weighted by molar-refractivity contribution is 6.83. The van der Waals surface area contributed by atoms with Crippen LogP contribution in [0.1, 0.15) is 31.9 Å². The van der Waals surface area contributed by atoms with Crippen molar-refractivity contribution in [3.63, 3.8) is 0 Å². The van der Waals surface area contributed by atoms with Crippen LogP contribution in [0.5, 0.6) is 0 Å². The second-order valence-corrected chi connectivity index (χ2v) is 11.3. The maximum atomic E-state index is 6.02. The lowest BCUT2D eigenvalue weighted by Gasteiger charge is -2.21.